The Kier molecular flexibility index (Phi) is 2.58. The highest BCUT2D eigenvalue weighted by Crippen LogP contribution is 2.51. The number of nitrogens with two attached hydrogens (primary N) is 1. The maximum absolute atomic E-state index is 13.1. The molecule has 0 aromatic heterocycles. The van der Waals surface area contributed by atoms with Crippen LogP contribution >= 0.6 is 0 Å². The molecule has 0 unspecified atom stereocenters. The van der Waals surface area contributed by atoms with Crippen LogP contribution in [0.15, 0.2) is 24.3 Å². The predicted molar refractivity (Wildman–Crippen MR) is 64.4 cm³/mol. The van der Waals surface area contributed by atoms with Crippen molar-refractivity contribution >= 4 is 0 Å². The molecule has 0 amide bonds. The van der Waals surface area contributed by atoms with Gasteiger partial charge < -0.3 is 5.73 Å². The van der Waals surface area contributed by atoms with Gasteiger partial charge in [0.05, 0.1) is 0 Å². The molecule has 1 aromatic carbocycles. The number of hydrogen-bond acceptors (Lipinski definition) is 1. The number of halogens is 1. The number of rotatable bonds is 1. The summed E-state index contributed by atoms with van der Waals surface area (Å²) in [6.07, 6.45) is 1.92. The first kappa shape index (κ1) is 11.6. The van der Waals surface area contributed by atoms with E-state index in [0.717, 1.165) is 18.4 Å². The summed E-state index contributed by atoms with van der Waals surface area (Å²) in [5.41, 5.74) is 7.25. The summed E-state index contributed by atoms with van der Waals surface area (Å²) in [7, 11) is 0. The van der Waals surface area contributed by atoms with Crippen molar-refractivity contribution in [1.82, 2.24) is 0 Å². The molecule has 1 fully saturated rings. The third-order valence-electron chi connectivity index (χ3n) is 3.85. The minimum absolute atomic E-state index is 0.193. The molecule has 1 aliphatic carbocycles. The van der Waals surface area contributed by atoms with Crippen molar-refractivity contribution in [3.8, 4) is 0 Å². The molecule has 1 aromatic rings. The van der Waals surface area contributed by atoms with Gasteiger partial charge in [0.15, 0.2) is 0 Å². The van der Waals surface area contributed by atoms with Gasteiger partial charge >= 0.3 is 0 Å². The molecule has 0 atom stereocenters. The molecule has 0 aliphatic heterocycles. The van der Waals surface area contributed by atoms with Crippen molar-refractivity contribution < 1.29 is 4.39 Å². The van der Waals surface area contributed by atoms with Crippen molar-refractivity contribution in [3.63, 3.8) is 0 Å². The maximum Gasteiger partial charge on any atom is 0.123 e. The Morgan fingerprint density at radius 2 is 1.94 bits per heavy atom. The topological polar surface area (TPSA) is 26.0 Å². The Bertz CT molecular complexity index is 386. The Hall–Kier alpha value is -0.890. The number of benzene rings is 1. The lowest BCUT2D eigenvalue weighted by Crippen LogP contribution is -2.52. The van der Waals surface area contributed by atoms with Gasteiger partial charge in [-0.25, -0.2) is 4.39 Å². The van der Waals surface area contributed by atoms with Crippen LogP contribution in [0.5, 0.6) is 0 Å². The van der Waals surface area contributed by atoms with Crippen LogP contribution in [0.1, 0.15) is 39.2 Å². The predicted octanol–water partition coefficient (Wildman–Crippen LogP) is 3.44. The monoisotopic (exact) mass is 221 g/mol. The van der Waals surface area contributed by atoms with Crippen LogP contribution in [-0.2, 0) is 5.54 Å². The van der Waals surface area contributed by atoms with Crippen LogP contribution in [0.4, 0.5) is 4.39 Å². The molecule has 0 spiro atoms. The third kappa shape index (κ3) is 1.99. The van der Waals surface area contributed by atoms with Crippen LogP contribution in [0.25, 0.3) is 0 Å². The average molecular weight is 221 g/mol. The molecule has 2 N–H and O–H groups in total. The highest BCUT2D eigenvalue weighted by molar-refractivity contribution is 5.28. The van der Waals surface area contributed by atoms with E-state index < -0.39 is 0 Å². The van der Waals surface area contributed by atoms with E-state index in [2.05, 4.69) is 20.8 Å². The van der Waals surface area contributed by atoms with Crippen molar-refractivity contribution in [3.05, 3.63) is 35.6 Å². The lowest BCUT2D eigenvalue weighted by Gasteiger charge is -2.51. The maximum atomic E-state index is 13.1. The summed E-state index contributed by atoms with van der Waals surface area (Å²) in [4.78, 5) is 0. The van der Waals surface area contributed by atoms with Gasteiger partial charge in [0.1, 0.15) is 5.82 Å². The van der Waals surface area contributed by atoms with Gasteiger partial charge in [-0.3, -0.25) is 0 Å². The van der Waals surface area contributed by atoms with Gasteiger partial charge in [-0.1, -0.05) is 32.9 Å². The molecule has 16 heavy (non-hydrogen) atoms. The minimum atomic E-state index is -0.306. The lowest BCUT2D eigenvalue weighted by molar-refractivity contribution is 0.0488. The van der Waals surface area contributed by atoms with E-state index in [1.165, 1.54) is 6.07 Å². The van der Waals surface area contributed by atoms with Crippen LogP contribution in [0.2, 0.25) is 0 Å². The van der Waals surface area contributed by atoms with E-state index in [0.29, 0.717) is 11.3 Å². The zero-order valence-electron chi connectivity index (χ0n) is 10.3. The lowest BCUT2D eigenvalue weighted by atomic mass is 9.57. The molecule has 0 bridgehead atoms. The van der Waals surface area contributed by atoms with Gasteiger partial charge in [0.2, 0.25) is 0 Å². The Labute approximate surface area is 96.9 Å². The molecule has 2 rings (SSSR count). The Balaban J connectivity index is 2.14. The SMILES string of the molecule is CC(C)(C)C1CC(N)(c2cccc(F)c2)C1. The second-order valence-electron chi connectivity index (χ2n) is 6.14. The van der Waals surface area contributed by atoms with E-state index in [9.17, 15) is 4.39 Å². The zero-order chi connectivity index (χ0) is 12.0. The van der Waals surface area contributed by atoms with Gasteiger partial charge in [-0.05, 0) is 41.9 Å². The summed E-state index contributed by atoms with van der Waals surface area (Å²) >= 11 is 0. The highest BCUT2D eigenvalue weighted by atomic mass is 19.1. The summed E-state index contributed by atoms with van der Waals surface area (Å²) in [6.45, 7) is 6.72. The van der Waals surface area contributed by atoms with E-state index in [4.69, 9.17) is 5.73 Å². The smallest absolute Gasteiger partial charge is 0.123 e. The third-order valence-corrected chi connectivity index (χ3v) is 3.85. The van der Waals surface area contributed by atoms with Gasteiger partial charge in [-0.15, -0.1) is 0 Å². The van der Waals surface area contributed by atoms with E-state index >= 15 is 0 Å². The molecule has 2 heteroatoms. The van der Waals surface area contributed by atoms with E-state index in [-0.39, 0.29) is 11.4 Å². The minimum Gasteiger partial charge on any atom is -0.321 e. The Morgan fingerprint density at radius 3 is 2.44 bits per heavy atom. The second kappa shape index (κ2) is 3.56. The molecule has 0 radical (unpaired) electrons. The first-order valence-corrected chi connectivity index (χ1v) is 5.86. The molecule has 0 saturated heterocycles. The standard InChI is InChI=1S/C14H20FN/c1-13(2,3)11-8-14(16,9-11)10-5-4-6-12(15)7-10/h4-7,11H,8-9,16H2,1-3H3. The first-order valence-electron chi connectivity index (χ1n) is 5.86. The van der Waals surface area contributed by atoms with Crippen molar-refractivity contribution in [1.29, 1.82) is 0 Å². The highest BCUT2D eigenvalue weighted by Gasteiger charge is 2.46. The van der Waals surface area contributed by atoms with Crippen molar-refractivity contribution in [2.75, 3.05) is 0 Å². The fraction of sp³-hybridized carbons (Fsp3) is 0.571. The molecule has 88 valence electrons. The second-order valence-corrected chi connectivity index (χ2v) is 6.14. The zero-order valence-corrected chi connectivity index (χ0v) is 10.3. The summed E-state index contributed by atoms with van der Waals surface area (Å²) < 4.78 is 13.1. The normalized spacial score (nSPS) is 29.9. The molecule has 1 saturated carbocycles. The summed E-state index contributed by atoms with van der Waals surface area (Å²) in [5.74, 6) is 0.447. The fourth-order valence-corrected chi connectivity index (χ4v) is 2.47. The van der Waals surface area contributed by atoms with Gasteiger partial charge in [0.25, 0.3) is 0 Å². The molecule has 0 heterocycles. The van der Waals surface area contributed by atoms with Gasteiger partial charge in [0, 0.05) is 5.54 Å². The van der Waals surface area contributed by atoms with Crippen molar-refractivity contribution in [2.24, 2.45) is 17.1 Å². The van der Waals surface area contributed by atoms with Crippen LogP contribution in [0, 0.1) is 17.2 Å². The quantitative estimate of drug-likeness (QED) is 0.772. The first-order chi connectivity index (χ1) is 7.31. The van der Waals surface area contributed by atoms with Crippen LogP contribution in [0.3, 0.4) is 0 Å². The Morgan fingerprint density at radius 1 is 1.31 bits per heavy atom. The van der Waals surface area contributed by atoms with E-state index in [1.807, 2.05) is 6.07 Å². The largest absolute Gasteiger partial charge is 0.321 e. The summed E-state index contributed by atoms with van der Waals surface area (Å²) in [5, 5.41) is 0. The molecule has 1 nitrogen and oxygen atoms in total. The summed E-state index contributed by atoms with van der Waals surface area (Å²) in [6, 6.07) is 6.71. The van der Waals surface area contributed by atoms with Gasteiger partial charge in [-0.2, -0.15) is 0 Å². The van der Waals surface area contributed by atoms with E-state index in [1.54, 1.807) is 12.1 Å². The molecular formula is C14H20FN. The molecular weight excluding hydrogens is 201 g/mol. The number of hydrogen-bond donors (Lipinski definition) is 1. The average Bonchev–Trinajstić information content (AvgIpc) is 2.11. The fourth-order valence-electron chi connectivity index (χ4n) is 2.47. The van der Waals surface area contributed by atoms with Crippen molar-refractivity contribution in [2.45, 2.75) is 39.2 Å². The van der Waals surface area contributed by atoms with Crippen LogP contribution < -0.4 is 5.73 Å². The van der Waals surface area contributed by atoms with Crippen LogP contribution in [-0.4, -0.2) is 0 Å². The molecule has 1 aliphatic rings.